The maximum absolute atomic E-state index is 6.21. The van der Waals surface area contributed by atoms with E-state index in [0.29, 0.717) is 10.8 Å². The number of aromatic nitrogens is 3. The van der Waals surface area contributed by atoms with E-state index >= 15 is 0 Å². The van der Waals surface area contributed by atoms with Crippen LogP contribution in [0.2, 0.25) is 5.02 Å². The molecular weight excluding hydrogens is 286 g/mol. The van der Waals surface area contributed by atoms with E-state index < -0.39 is 0 Å². The molecule has 0 bridgehead atoms. The fourth-order valence-electron chi connectivity index (χ4n) is 2.40. The molecule has 0 unspecified atom stereocenters. The lowest BCUT2D eigenvalue weighted by atomic mass is 9.99. The molecule has 21 heavy (non-hydrogen) atoms. The van der Waals surface area contributed by atoms with Crippen LogP contribution in [0.5, 0.6) is 5.75 Å². The van der Waals surface area contributed by atoms with Gasteiger partial charge < -0.3 is 4.74 Å². The summed E-state index contributed by atoms with van der Waals surface area (Å²) in [6.07, 6.45) is 3.53. The summed E-state index contributed by atoms with van der Waals surface area (Å²) in [6.45, 7) is 1.99. The summed E-state index contributed by atoms with van der Waals surface area (Å²) < 4.78 is 5.43. The van der Waals surface area contributed by atoms with Crippen LogP contribution < -0.4 is 4.74 Å². The molecule has 0 spiro atoms. The van der Waals surface area contributed by atoms with E-state index in [0.717, 1.165) is 28.1 Å². The number of halogens is 1. The average molecular weight is 300 g/mol. The molecule has 1 N–H and O–H groups in total. The number of aryl methyl sites for hydroxylation is 1. The molecule has 4 nitrogen and oxygen atoms in total. The van der Waals surface area contributed by atoms with Gasteiger partial charge in [0.25, 0.3) is 0 Å². The smallest absolute Gasteiger partial charge is 0.146 e. The Morgan fingerprint density at radius 2 is 1.90 bits per heavy atom. The summed E-state index contributed by atoms with van der Waals surface area (Å²) in [5.41, 5.74) is 4.74. The number of hydrogen-bond acceptors (Lipinski definition) is 3. The Balaban J connectivity index is 2.24. The molecule has 0 aliphatic heterocycles. The number of ether oxygens (including phenoxy) is 1. The van der Waals surface area contributed by atoms with Crippen molar-refractivity contribution in [2.45, 2.75) is 6.92 Å². The van der Waals surface area contributed by atoms with Crippen molar-refractivity contribution in [3.8, 4) is 28.1 Å². The highest BCUT2D eigenvalue weighted by Gasteiger charge is 2.18. The van der Waals surface area contributed by atoms with Gasteiger partial charge in [0.05, 0.1) is 12.1 Å². The van der Waals surface area contributed by atoms with Crippen LogP contribution in [-0.2, 0) is 0 Å². The lowest BCUT2D eigenvalue weighted by molar-refractivity contribution is 0.416. The van der Waals surface area contributed by atoms with Gasteiger partial charge in [-0.05, 0) is 36.8 Å². The highest BCUT2D eigenvalue weighted by molar-refractivity contribution is 6.32. The number of aromatic amines is 1. The monoisotopic (exact) mass is 299 g/mol. The van der Waals surface area contributed by atoms with Gasteiger partial charge in [-0.25, -0.2) is 0 Å². The zero-order chi connectivity index (χ0) is 14.8. The van der Waals surface area contributed by atoms with Crippen LogP contribution in [0.25, 0.3) is 22.4 Å². The van der Waals surface area contributed by atoms with Gasteiger partial charge >= 0.3 is 0 Å². The van der Waals surface area contributed by atoms with Crippen LogP contribution in [0, 0.1) is 6.92 Å². The van der Waals surface area contributed by atoms with Crippen LogP contribution in [0.4, 0.5) is 0 Å². The van der Waals surface area contributed by atoms with Crippen molar-refractivity contribution in [1.29, 1.82) is 0 Å². The normalized spacial score (nSPS) is 10.6. The molecule has 2 heterocycles. The summed E-state index contributed by atoms with van der Waals surface area (Å²) in [4.78, 5) is 4.06. The Bertz CT molecular complexity index is 768. The van der Waals surface area contributed by atoms with E-state index in [4.69, 9.17) is 16.3 Å². The van der Waals surface area contributed by atoms with E-state index in [1.54, 1.807) is 25.6 Å². The number of benzene rings is 1. The second kappa shape index (κ2) is 5.58. The zero-order valence-corrected chi connectivity index (χ0v) is 12.5. The summed E-state index contributed by atoms with van der Waals surface area (Å²) in [5.74, 6) is 0.626. The molecule has 0 fully saturated rings. The standard InChI is InChI=1S/C16H14ClN3O/c1-10-14(11-6-8-18-9-7-11)15(20-19-10)12-4-3-5-13(17)16(12)21-2/h3-9H,1-2H3,(H,19,20). The molecule has 0 aliphatic rings. The number of nitrogens with zero attached hydrogens (tertiary/aromatic N) is 2. The Morgan fingerprint density at radius 1 is 1.14 bits per heavy atom. The molecule has 106 valence electrons. The van der Waals surface area contributed by atoms with E-state index in [2.05, 4.69) is 15.2 Å². The van der Waals surface area contributed by atoms with Gasteiger partial charge in [-0.15, -0.1) is 0 Å². The molecule has 0 atom stereocenters. The minimum absolute atomic E-state index is 0.566. The lowest BCUT2D eigenvalue weighted by Gasteiger charge is -2.10. The maximum atomic E-state index is 6.21. The quantitative estimate of drug-likeness (QED) is 0.792. The molecule has 1 aromatic carbocycles. The van der Waals surface area contributed by atoms with Gasteiger partial charge in [-0.1, -0.05) is 17.7 Å². The third kappa shape index (κ3) is 2.38. The van der Waals surface area contributed by atoms with Crippen LogP contribution in [-0.4, -0.2) is 22.3 Å². The molecule has 0 aliphatic carbocycles. The molecular formula is C16H14ClN3O. The minimum Gasteiger partial charge on any atom is -0.494 e. The molecule has 3 rings (SSSR count). The van der Waals surface area contributed by atoms with E-state index in [1.165, 1.54) is 0 Å². The largest absolute Gasteiger partial charge is 0.494 e. The van der Waals surface area contributed by atoms with Crippen LogP contribution in [0.1, 0.15) is 5.69 Å². The Kier molecular flexibility index (Phi) is 3.62. The van der Waals surface area contributed by atoms with Crippen molar-refractivity contribution in [3.63, 3.8) is 0 Å². The molecule has 0 saturated carbocycles. The second-order valence-corrected chi connectivity index (χ2v) is 5.04. The summed E-state index contributed by atoms with van der Waals surface area (Å²) in [5, 5.41) is 8.03. The predicted molar refractivity (Wildman–Crippen MR) is 83.6 cm³/mol. The third-order valence-electron chi connectivity index (χ3n) is 3.34. The Labute approximate surface area is 127 Å². The first-order valence-corrected chi connectivity index (χ1v) is 6.88. The highest BCUT2D eigenvalue weighted by Crippen LogP contribution is 2.40. The van der Waals surface area contributed by atoms with E-state index in [-0.39, 0.29) is 0 Å². The Hall–Kier alpha value is -2.33. The number of methoxy groups -OCH3 is 1. The number of rotatable bonds is 3. The molecule has 0 amide bonds. The van der Waals surface area contributed by atoms with Crippen molar-refractivity contribution in [3.05, 3.63) is 53.4 Å². The summed E-state index contributed by atoms with van der Waals surface area (Å²) in [6, 6.07) is 9.55. The number of H-pyrrole nitrogens is 1. The van der Waals surface area contributed by atoms with Gasteiger partial charge in [-0.2, -0.15) is 5.10 Å². The average Bonchev–Trinajstić information content (AvgIpc) is 2.89. The van der Waals surface area contributed by atoms with Gasteiger partial charge in [-0.3, -0.25) is 10.1 Å². The maximum Gasteiger partial charge on any atom is 0.146 e. The van der Waals surface area contributed by atoms with Crippen molar-refractivity contribution >= 4 is 11.6 Å². The molecule has 0 saturated heterocycles. The van der Waals surface area contributed by atoms with Crippen molar-refractivity contribution in [1.82, 2.24) is 15.2 Å². The number of pyridine rings is 1. The summed E-state index contributed by atoms with van der Waals surface area (Å²) >= 11 is 6.21. The van der Waals surface area contributed by atoms with Gasteiger partial charge in [0, 0.05) is 29.2 Å². The van der Waals surface area contributed by atoms with Crippen LogP contribution >= 0.6 is 11.6 Å². The zero-order valence-electron chi connectivity index (χ0n) is 11.7. The second-order valence-electron chi connectivity index (χ2n) is 4.63. The fraction of sp³-hybridized carbons (Fsp3) is 0.125. The Morgan fingerprint density at radius 3 is 2.62 bits per heavy atom. The minimum atomic E-state index is 0.566. The first-order chi connectivity index (χ1) is 10.2. The highest BCUT2D eigenvalue weighted by atomic mass is 35.5. The first kappa shape index (κ1) is 13.6. The van der Waals surface area contributed by atoms with Crippen molar-refractivity contribution in [2.75, 3.05) is 7.11 Å². The lowest BCUT2D eigenvalue weighted by Crippen LogP contribution is -1.91. The number of para-hydroxylation sites is 1. The van der Waals surface area contributed by atoms with Crippen molar-refractivity contribution < 1.29 is 4.74 Å². The predicted octanol–water partition coefficient (Wildman–Crippen LogP) is 4.11. The van der Waals surface area contributed by atoms with E-state index in [9.17, 15) is 0 Å². The molecule has 0 radical (unpaired) electrons. The third-order valence-corrected chi connectivity index (χ3v) is 3.64. The van der Waals surface area contributed by atoms with Crippen LogP contribution in [0.3, 0.4) is 0 Å². The SMILES string of the molecule is COc1c(Cl)cccc1-c1n[nH]c(C)c1-c1ccncc1. The molecule has 5 heteroatoms. The van der Waals surface area contributed by atoms with Gasteiger partial charge in [0.2, 0.25) is 0 Å². The molecule has 3 aromatic rings. The number of nitrogens with one attached hydrogen (secondary N) is 1. The first-order valence-electron chi connectivity index (χ1n) is 6.50. The van der Waals surface area contributed by atoms with E-state index in [1.807, 2.05) is 31.2 Å². The molecule has 2 aromatic heterocycles. The van der Waals surface area contributed by atoms with Gasteiger partial charge in [0.15, 0.2) is 0 Å². The topological polar surface area (TPSA) is 50.8 Å². The summed E-state index contributed by atoms with van der Waals surface area (Å²) in [7, 11) is 1.61. The van der Waals surface area contributed by atoms with Crippen molar-refractivity contribution in [2.24, 2.45) is 0 Å². The fourth-order valence-corrected chi connectivity index (χ4v) is 2.65. The van der Waals surface area contributed by atoms with Crippen LogP contribution in [0.15, 0.2) is 42.7 Å². The van der Waals surface area contributed by atoms with Gasteiger partial charge in [0.1, 0.15) is 11.4 Å². The number of hydrogen-bond donors (Lipinski definition) is 1.